The molecule has 38 heavy (non-hydrogen) atoms. The molecule has 0 amide bonds. The van der Waals surface area contributed by atoms with Gasteiger partial charge in [0.05, 0.1) is 0 Å². The van der Waals surface area contributed by atoms with E-state index in [-0.39, 0.29) is 0 Å². The molecule has 2 heterocycles. The van der Waals surface area contributed by atoms with Crippen LogP contribution in [0.15, 0.2) is 133 Å². The summed E-state index contributed by atoms with van der Waals surface area (Å²) in [5.41, 5.74) is 7.55. The minimum absolute atomic E-state index is 0.655. The van der Waals surface area contributed by atoms with Crippen molar-refractivity contribution in [3.05, 3.63) is 133 Å². The Kier molecular flexibility index (Phi) is 5.41. The predicted octanol–water partition coefficient (Wildman–Crippen LogP) is 8.12. The molecule has 0 fully saturated rings. The molecule has 0 unspecified atom stereocenters. The quantitative estimate of drug-likeness (QED) is 0.247. The van der Waals surface area contributed by atoms with E-state index in [1.165, 1.54) is 27.5 Å². The van der Waals surface area contributed by atoms with E-state index < -0.39 is 0 Å². The van der Waals surface area contributed by atoms with E-state index in [1.807, 2.05) is 73.1 Å². The highest BCUT2D eigenvalue weighted by Gasteiger charge is 2.12. The van der Waals surface area contributed by atoms with Crippen molar-refractivity contribution in [3.63, 3.8) is 0 Å². The van der Waals surface area contributed by atoms with Crippen LogP contribution in [0.5, 0.6) is 0 Å². The number of rotatable bonds is 5. The molecule has 1 aliphatic heterocycles. The fraction of sp³-hybridized carbons (Fsp3) is 0. The predicted molar refractivity (Wildman–Crippen MR) is 156 cm³/mol. The first-order chi connectivity index (χ1) is 18.8. The molecule has 1 aromatic heterocycles. The maximum atomic E-state index is 4.84. The van der Waals surface area contributed by atoms with E-state index >= 15 is 0 Å². The second-order valence-corrected chi connectivity index (χ2v) is 9.25. The lowest BCUT2D eigenvalue weighted by molar-refractivity contribution is 1.07. The third kappa shape index (κ3) is 4.18. The number of fused-ring (bicyclic) bond motifs is 1. The zero-order chi connectivity index (χ0) is 25.3. The van der Waals surface area contributed by atoms with Crippen LogP contribution in [0.1, 0.15) is 5.56 Å². The highest BCUT2D eigenvalue weighted by molar-refractivity contribution is 6.15. The van der Waals surface area contributed by atoms with Crippen LogP contribution in [0.2, 0.25) is 0 Å². The van der Waals surface area contributed by atoms with Crippen LogP contribution in [0.3, 0.4) is 0 Å². The second-order valence-electron chi connectivity index (χ2n) is 9.25. The number of hydrogen-bond acceptors (Lipinski definition) is 4. The molecule has 0 bridgehead atoms. The minimum Gasteiger partial charge on any atom is -0.263 e. The number of aromatic nitrogens is 3. The Morgan fingerprint density at radius 1 is 0.368 bits per heavy atom. The average molecular weight is 487 g/mol. The van der Waals surface area contributed by atoms with Gasteiger partial charge in [0.1, 0.15) is 0 Å². The maximum Gasteiger partial charge on any atom is 0.164 e. The van der Waals surface area contributed by atoms with Crippen LogP contribution in [0, 0.1) is 0 Å². The lowest BCUT2D eigenvalue weighted by atomic mass is 9.97. The van der Waals surface area contributed by atoms with Crippen LogP contribution in [-0.4, -0.2) is 21.2 Å². The summed E-state index contributed by atoms with van der Waals surface area (Å²) < 4.78 is 0. The van der Waals surface area contributed by atoms with Gasteiger partial charge >= 0.3 is 0 Å². The summed E-state index contributed by atoms with van der Waals surface area (Å²) in [6, 6.07) is 41.7. The lowest BCUT2D eigenvalue weighted by Gasteiger charge is -2.10. The molecule has 1 aliphatic rings. The molecule has 6 aromatic rings. The first-order valence-corrected chi connectivity index (χ1v) is 12.6. The van der Waals surface area contributed by atoms with Crippen LogP contribution in [-0.2, 0) is 0 Å². The van der Waals surface area contributed by atoms with E-state index in [9.17, 15) is 0 Å². The first-order valence-electron chi connectivity index (χ1n) is 12.6. The second kappa shape index (κ2) is 9.34. The van der Waals surface area contributed by atoms with E-state index in [0.29, 0.717) is 17.5 Å². The summed E-state index contributed by atoms with van der Waals surface area (Å²) in [4.78, 5) is 18.6. The van der Waals surface area contributed by atoms with Crippen LogP contribution in [0.4, 0.5) is 0 Å². The third-order valence-corrected chi connectivity index (χ3v) is 6.78. The molecular weight excluding hydrogens is 464 g/mol. The molecule has 0 saturated carbocycles. The molecule has 7 rings (SSSR count). The molecule has 0 atom stereocenters. The van der Waals surface area contributed by atoms with E-state index in [1.54, 1.807) is 0 Å². The normalized spacial score (nSPS) is 12.3. The van der Waals surface area contributed by atoms with Crippen molar-refractivity contribution in [3.8, 4) is 45.3 Å². The summed E-state index contributed by atoms with van der Waals surface area (Å²) in [5, 5.41) is 2.43. The van der Waals surface area contributed by atoms with Gasteiger partial charge in [0.2, 0.25) is 0 Å². The van der Waals surface area contributed by atoms with Crippen molar-refractivity contribution >= 4 is 22.6 Å². The van der Waals surface area contributed by atoms with E-state index in [0.717, 1.165) is 22.3 Å². The molecule has 0 radical (unpaired) electrons. The summed E-state index contributed by atoms with van der Waals surface area (Å²) in [6.45, 7) is 0. The molecule has 4 heteroatoms. The number of nitrogens with zero attached hydrogens (tertiary/aromatic N) is 4. The van der Waals surface area contributed by atoms with Crippen molar-refractivity contribution in [1.82, 2.24) is 15.0 Å². The lowest BCUT2D eigenvalue weighted by Crippen LogP contribution is -2.00. The topological polar surface area (TPSA) is 51.0 Å². The fourth-order valence-corrected chi connectivity index (χ4v) is 4.65. The number of hydrogen-bond donors (Lipinski definition) is 0. The Bertz CT molecular complexity index is 1780. The van der Waals surface area contributed by atoms with Crippen LogP contribution < -0.4 is 0 Å². The average Bonchev–Trinajstić information content (AvgIpc) is 2.97. The standard InChI is InChI=1S/C34H22N4/c1-3-7-25(8-4-1)32-36-33(26-9-5-2-6-10-26)38-34(37-32)27-15-11-23(12-16-27)28-17-13-24-14-18-29(20-30(24)19-28)31-21-35-22-31/h1-22H. The fourth-order valence-electron chi connectivity index (χ4n) is 4.65. The summed E-state index contributed by atoms with van der Waals surface area (Å²) in [7, 11) is 0. The molecule has 0 aliphatic carbocycles. The first kappa shape index (κ1) is 22.0. The highest BCUT2D eigenvalue weighted by atomic mass is 15.0. The molecule has 0 saturated heterocycles. The molecule has 5 aromatic carbocycles. The smallest absolute Gasteiger partial charge is 0.164 e. The molecule has 0 spiro atoms. The van der Waals surface area contributed by atoms with Crippen molar-refractivity contribution in [2.75, 3.05) is 0 Å². The SMILES string of the molecule is C1=NC=C1c1ccc2ccc(-c3ccc(-c4nc(-c5ccccc5)nc(-c5ccccc5)n4)cc3)cc2c1. The van der Waals surface area contributed by atoms with Crippen LogP contribution in [0.25, 0.3) is 61.6 Å². The van der Waals surface area contributed by atoms with Gasteiger partial charge in [-0.1, -0.05) is 109 Å². The largest absolute Gasteiger partial charge is 0.263 e. The Morgan fingerprint density at radius 3 is 1.34 bits per heavy atom. The van der Waals surface area contributed by atoms with Gasteiger partial charge in [0, 0.05) is 34.7 Å². The number of aliphatic imine (C=N–C) groups is 1. The zero-order valence-corrected chi connectivity index (χ0v) is 20.5. The summed E-state index contributed by atoms with van der Waals surface area (Å²) in [6.07, 6.45) is 3.80. The van der Waals surface area contributed by atoms with Gasteiger partial charge in [-0.2, -0.15) is 0 Å². The monoisotopic (exact) mass is 486 g/mol. The maximum absolute atomic E-state index is 4.84. The van der Waals surface area contributed by atoms with Crippen LogP contribution >= 0.6 is 0 Å². The molecule has 0 N–H and O–H groups in total. The Labute approximate surface area is 220 Å². The van der Waals surface area contributed by atoms with Crippen molar-refractivity contribution in [2.24, 2.45) is 4.99 Å². The zero-order valence-electron chi connectivity index (χ0n) is 20.5. The van der Waals surface area contributed by atoms with Gasteiger partial charge in [-0.3, -0.25) is 4.99 Å². The van der Waals surface area contributed by atoms with Crippen molar-refractivity contribution in [2.45, 2.75) is 0 Å². The Balaban J connectivity index is 1.26. The highest BCUT2D eigenvalue weighted by Crippen LogP contribution is 2.30. The van der Waals surface area contributed by atoms with E-state index in [4.69, 9.17) is 15.0 Å². The molecule has 4 nitrogen and oxygen atoms in total. The third-order valence-electron chi connectivity index (χ3n) is 6.78. The number of allylic oxidation sites excluding steroid dienone is 1. The van der Waals surface area contributed by atoms with Gasteiger partial charge in [0.15, 0.2) is 17.5 Å². The number of benzene rings is 5. The van der Waals surface area contributed by atoms with Crippen molar-refractivity contribution < 1.29 is 0 Å². The minimum atomic E-state index is 0.655. The Hall–Kier alpha value is -5.22. The van der Waals surface area contributed by atoms with Gasteiger partial charge in [0.25, 0.3) is 0 Å². The summed E-state index contributed by atoms with van der Waals surface area (Å²) >= 11 is 0. The molecular formula is C34H22N4. The Morgan fingerprint density at radius 2 is 0.816 bits per heavy atom. The van der Waals surface area contributed by atoms with Gasteiger partial charge in [-0.25, -0.2) is 15.0 Å². The molecule has 178 valence electrons. The van der Waals surface area contributed by atoms with E-state index in [2.05, 4.69) is 65.7 Å². The van der Waals surface area contributed by atoms with Gasteiger partial charge in [-0.15, -0.1) is 0 Å². The summed E-state index contributed by atoms with van der Waals surface area (Å²) in [5.74, 6) is 1.98. The van der Waals surface area contributed by atoms with Gasteiger partial charge in [-0.05, 0) is 39.6 Å². The van der Waals surface area contributed by atoms with Crippen molar-refractivity contribution in [1.29, 1.82) is 0 Å². The van der Waals surface area contributed by atoms with Gasteiger partial charge < -0.3 is 0 Å².